The summed E-state index contributed by atoms with van der Waals surface area (Å²) >= 11 is 1.71. The first-order chi connectivity index (χ1) is 7.61. The lowest BCUT2D eigenvalue weighted by Crippen LogP contribution is -2.31. The molecule has 0 aliphatic carbocycles. The van der Waals surface area contributed by atoms with Crippen molar-refractivity contribution < 1.29 is 4.79 Å². The smallest absolute Gasteiger partial charge is 0.221 e. The van der Waals surface area contributed by atoms with Crippen LogP contribution in [0.1, 0.15) is 30.2 Å². The number of nitrogens with two attached hydrogens (primary N) is 1. The van der Waals surface area contributed by atoms with Gasteiger partial charge >= 0.3 is 0 Å². The average Bonchev–Trinajstić information content (AvgIpc) is 2.64. The van der Waals surface area contributed by atoms with Gasteiger partial charge in [0.05, 0.1) is 5.01 Å². The van der Waals surface area contributed by atoms with Gasteiger partial charge in [-0.05, 0) is 13.3 Å². The van der Waals surface area contributed by atoms with E-state index < -0.39 is 0 Å². The van der Waals surface area contributed by atoms with Crippen LogP contribution in [0.2, 0.25) is 0 Å². The van der Waals surface area contributed by atoms with Crippen LogP contribution in [0.5, 0.6) is 0 Å². The molecule has 0 saturated heterocycles. The number of aryl methyl sites for hydroxylation is 1. The molecule has 0 bridgehead atoms. The van der Waals surface area contributed by atoms with E-state index in [0.717, 1.165) is 17.8 Å². The predicted octanol–water partition coefficient (Wildman–Crippen LogP) is 1.95. The molecule has 1 heterocycles. The van der Waals surface area contributed by atoms with Crippen molar-refractivity contribution in [1.82, 2.24) is 10.3 Å². The van der Waals surface area contributed by atoms with Crippen molar-refractivity contribution in [2.45, 2.75) is 39.2 Å². The number of carbonyl (C=O) groups excluding carboxylic acids is 1. The van der Waals surface area contributed by atoms with E-state index in [-0.39, 0.29) is 36.8 Å². The van der Waals surface area contributed by atoms with Gasteiger partial charge in [-0.3, -0.25) is 4.79 Å². The van der Waals surface area contributed by atoms with Gasteiger partial charge in [-0.2, -0.15) is 0 Å². The number of aromatic nitrogens is 1. The summed E-state index contributed by atoms with van der Waals surface area (Å²) in [6.45, 7) is 4.58. The lowest BCUT2D eigenvalue weighted by atomic mass is 10.2. The number of hydrogen-bond acceptors (Lipinski definition) is 4. The molecule has 0 spiro atoms. The topological polar surface area (TPSA) is 68.0 Å². The normalized spacial score (nSPS) is 11.1. The van der Waals surface area contributed by atoms with Gasteiger partial charge in [-0.15, -0.1) is 36.2 Å². The quantitative estimate of drug-likeness (QED) is 0.843. The Morgan fingerprint density at radius 1 is 1.56 bits per heavy atom. The Morgan fingerprint density at radius 3 is 2.72 bits per heavy atom. The highest BCUT2D eigenvalue weighted by molar-refractivity contribution is 7.11. The van der Waals surface area contributed by atoms with Crippen molar-refractivity contribution in [3.63, 3.8) is 0 Å². The maximum Gasteiger partial charge on any atom is 0.221 e. The van der Waals surface area contributed by atoms with Crippen molar-refractivity contribution in [2.75, 3.05) is 6.54 Å². The first kappa shape index (κ1) is 20.0. The van der Waals surface area contributed by atoms with Crippen molar-refractivity contribution in [3.05, 3.63) is 16.1 Å². The summed E-state index contributed by atoms with van der Waals surface area (Å²) in [4.78, 5) is 16.9. The first-order valence-corrected chi connectivity index (χ1v) is 6.39. The van der Waals surface area contributed by atoms with Crippen molar-refractivity contribution in [2.24, 2.45) is 5.73 Å². The molecule has 0 aliphatic heterocycles. The second-order valence-electron chi connectivity index (χ2n) is 3.86. The van der Waals surface area contributed by atoms with Gasteiger partial charge in [0.25, 0.3) is 0 Å². The Morgan fingerprint density at radius 2 is 2.22 bits per heavy atom. The maximum atomic E-state index is 11.3. The van der Waals surface area contributed by atoms with Crippen LogP contribution < -0.4 is 11.1 Å². The zero-order valence-electron chi connectivity index (χ0n) is 10.6. The van der Waals surface area contributed by atoms with E-state index in [1.165, 1.54) is 4.88 Å². The highest BCUT2D eigenvalue weighted by Crippen LogP contribution is 2.13. The SMILES string of the molecule is CCc1cnc(CCNC(=O)CC(C)N)s1.Cl.Cl. The number of amides is 1. The predicted molar refractivity (Wildman–Crippen MR) is 81.0 cm³/mol. The van der Waals surface area contributed by atoms with Crippen LogP contribution in [0.4, 0.5) is 0 Å². The molecule has 1 aromatic heterocycles. The van der Waals surface area contributed by atoms with Crippen LogP contribution in [0, 0.1) is 0 Å². The number of carbonyl (C=O) groups is 1. The zero-order chi connectivity index (χ0) is 12.0. The molecule has 1 amide bonds. The van der Waals surface area contributed by atoms with E-state index in [2.05, 4.69) is 17.2 Å². The monoisotopic (exact) mass is 313 g/mol. The van der Waals surface area contributed by atoms with Gasteiger partial charge in [0.2, 0.25) is 5.91 Å². The molecule has 0 aliphatic rings. The molecule has 0 saturated carbocycles. The summed E-state index contributed by atoms with van der Waals surface area (Å²) in [5.41, 5.74) is 5.53. The number of thiazole rings is 1. The Hall–Kier alpha value is -0.360. The van der Waals surface area contributed by atoms with Crippen LogP contribution in [0.3, 0.4) is 0 Å². The molecule has 7 heteroatoms. The molecule has 1 aromatic rings. The summed E-state index contributed by atoms with van der Waals surface area (Å²) < 4.78 is 0. The van der Waals surface area contributed by atoms with Gasteiger partial charge in [0.15, 0.2) is 0 Å². The molecule has 0 fully saturated rings. The highest BCUT2D eigenvalue weighted by Gasteiger charge is 2.05. The molecule has 1 unspecified atom stereocenters. The molecule has 0 radical (unpaired) electrons. The highest BCUT2D eigenvalue weighted by atomic mass is 35.5. The largest absolute Gasteiger partial charge is 0.356 e. The minimum Gasteiger partial charge on any atom is -0.356 e. The third-order valence-corrected chi connectivity index (χ3v) is 3.32. The molecular formula is C11H21Cl2N3OS. The zero-order valence-corrected chi connectivity index (χ0v) is 13.1. The van der Waals surface area contributed by atoms with Crippen LogP contribution >= 0.6 is 36.2 Å². The fourth-order valence-corrected chi connectivity index (χ4v) is 2.16. The third-order valence-electron chi connectivity index (χ3n) is 2.12. The van der Waals surface area contributed by atoms with E-state index in [9.17, 15) is 4.79 Å². The van der Waals surface area contributed by atoms with Crippen molar-refractivity contribution in [1.29, 1.82) is 0 Å². The third kappa shape index (κ3) is 7.87. The Bertz CT molecular complexity index is 345. The van der Waals surface area contributed by atoms with Gasteiger partial charge in [-0.25, -0.2) is 4.98 Å². The van der Waals surface area contributed by atoms with E-state index in [1.807, 2.05) is 13.1 Å². The van der Waals surface area contributed by atoms with Crippen LogP contribution in [0.15, 0.2) is 6.20 Å². The lowest BCUT2D eigenvalue weighted by Gasteiger charge is -2.05. The molecule has 1 atom stereocenters. The second-order valence-corrected chi connectivity index (χ2v) is 5.05. The standard InChI is InChI=1S/C11H19N3OS.2ClH/c1-3-9-7-14-11(16-9)4-5-13-10(15)6-8(2)12;;/h7-8H,3-6,12H2,1-2H3,(H,13,15);2*1H. The molecule has 3 N–H and O–H groups in total. The van der Waals surface area contributed by atoms with Gasteiger partial charge in [0.1, 0.15) is 0 Å². The van der Waals surface area contributed by atoms with E-state index >= 15 is 0 Å². The van der Waals surface area contributed by atoms with Crippen molar-refractivity contribution >= 4 is 42.1 Å². The number of rotatable bonds is 6. The summed E-state index contributed by atoms with van der Waals surface area (Å²) in [6.07, 6.45) is 4.12. The lowest BCUT2D eigenvalue weighted by molar-refractivity contribution is -0.121. The maximum absolute atomic E-state index is 11.3. The number of halogens is 2. The minimum atomic E-state index is -0.0773. The second kappa shape index (κ2) is 10.6. The first-order valence-electron chi connectivity index (χ1n) is 5.57. The Kier molecular flexibility index (Phi) is 11.7. The Balaban J connectivity index is 0. The molecule has 1 rings (SSSR count). The fourth-order valence-electron chi connectivity index (χ4n) is 1.30. The number of nitrogens with one attached hydrogen (secondary N) is 1. The van der Waals surface area contributed by atoms with E-state index in [0.29, 0.717) is 13.0 Å². The molecule has 0 aromatic carbocycles. The van der Waals surface area contributed by atoms with Gasteiger partial charge in [-0.1, -0.05) is 6.92 Å². The van der Waals surface area contributed by atoms with Crippen molar-refractivity contribution in [3.8, 4) is 0 Å². The van der Waals surface area contributed by atoms with Gasteiger partial charge < -0.3 is 11.1 Å². The minimum absolute atomic E-state index is 0. The average molecular weight is 314 g/mol. The molecule has 4 nitrogen and oxygen atoms in total. The summed E-state index contributed by atoms with van der Waals surface area (Å²) in [6, 6.07) is -0.0773. The van der Waals surface area contributed by atoms with E-state index in [1.54, 1.807) is 11.3 Å². The van der Waals surface area contributed by atoms with Crippen LogP contribution in [-0.2, 0) is 17.6 Å². The molecule has 18 heavy (non-hydrogen) atoms. The van der Waals surface area contributed by atoms with Gasteiger partial charge in [0, 0.05) is 36.5 Å². The molecule has 106 valence electrons. The molecular weight excluding hydrogens is 293 g/mol. The number of nitrogens with zero attached hydrogens (tertiary/aromatic N) is 1. The summed E-state index contributed by atoms with van der Waals surface area (Å²) in [7, 11) is 0. The van der Waals surface area contributed by atoms with Crippen LogP contribution in [0.25, 0.3) is 0 Å². The summed E-state index contributed by atoms with van der Waals surface area (Å²) in [5.74, 6) is 0.0160. The summed E-state index contributed by atoms with van der Waals surface area (Å²) in [5, 5.41) is 3.92. The van der Waals surface area contributed by atoms with E-state index in [4.69, 9.17) is 5.73 Å². The Labute approximate surface area is 125 Å². The fraction of sp³-hybridized carbons (Fsp3) is 0.636. The van der Waals surface area contributed by atoms with Crippen LogP contribution in [-0.4, -0.2) is 23.5 Å². The number of hydrogen-bond donors (Lipinski definition) is 2.